The summed E-state index contributed by atoms with van der Waals surface area (Å²) in [5.74, 6) is -0.750. The summed E-state index contributed by atoms with van der Waals surface area (Å²) in [6.45, 7) is 10.2. The Labute approximate surface area is 148 Å². The zero-order chi connectivity index (χ0) is 18.0. The van der Waals surface area contributed by atoms with Crippen LogP contribution in [-0.4, -0.2) is 24.3 Å². The van der Waals surface area contributed by atoms with Gasteiger partial charge in [-0.25, -0.2) is 0 Å². The van der Waals surface area contributed by atoms with E-state index in [0.717, 1.165) is 12.2 Å². The molecule has 0 N–H and O–H groups in total. The molecule has 0 amide bonds. The van der Waals surface area contributed by atoms with Crippen LogP contribution >= 0.6 is 0 Å². The SMILES string of the molecule is CC(=O)C=C(C)[O-].CC(=O)C=C(C)[O-].CC(C)[O-].CC[O-].[Ti+4]. The molecule has 0 spiro atoms. The number of ketones is 2. The summed E-state index contributed by atoms with van der Waals surface area (Å²) >= 11 is 0. The third kappa shape index (κ3) is 125. The molecule has 6 nitrogen and oxygen atoms in total. The molecule has 0 aliphatic rings. The zero-order valence-electron chi connectivity index (χ0n) is 14.4. The molecule has 0 saturated heterocycles. The van der Waals surface area contributed by atoms with E-state index in [1.165, 1.54) is 27.7 Å². The van der Waals surface area contributed by atoms with Crippen molar-refractivity contribution in [2.45, 2.75) is 54.6 Å². The fourth-order valence-corrected chi connectivity index (χ4v) is 0.572. The van der Waals surface area contributed by atoms with Crippen molar-refractivity contribution in [3.63, 3.8) is 0 Å². The van der Waals surface area contributed by atoms with E-state index in [0.29, 0.717) is 0 Å². The first-order chi connectivity index (χ1) is 9.40. The van der Waals surface area contributed by atoms with Crippen LogP contribution < -0.4 is 20.4 Å². The van der Waals surface area contributed by atoms with E-state index in [2.05, 4.69) is 0 Å². The first kappa shape index (κ1) is 32.9. The fourth-order valence-electron chi connectivity index (χ4n) is 0.572. The standard InChI is InChI=1S/2C5H8O2.C3H7O.C2H5O.Ti/c2*1-4(6)3-5(2)7;1-3(2)4;1-2-3;/h2*3,6H,1-2H3;3H,1-2H3;2H2,1H3;/q;;2*-1;+4/p-2. The Morgan fingerprint density at radius 2 is 1.05 bits per heavy atom. The van der Waals surface area contributed by atoms with E-state index in [9.17, 15) is 24.9 Å². The van der Waals surface area contributed by atoms with Crippen LogP contribution in [0.3, 0.4) is 0 Å². The van der Waals surface area contributed by atoms with Crippen LogP contribution in [0.1, 0.15) is 48.5 Å². The second-order valence-electron chi connectivity index (χ2n) is 4.07. The molecule has 0 heterocycles. The van der Waals surface area contributed by atoms with Gasteiger partial charge in [-0.15, -0.1) is 24.2 Å². The van der Waals surface area contributed by atoms with E-state index in [4.69, 9.17) is 5.11 Å². The molecule has 0 unspecified atom stereocenters. The molecule has 0 aliphatic carbocycles. The Bertz CT molecular complexity index is 283. The molecule has 0 aromatic carbocycles. The van der Waals surface area contributed by atoms with Gasteiger partial charge in [0.25, 0.3) is 0 Å². The van der Waals surface area contributed by atoms with Crippen molar-refractivity contribution in [2.24, 2.45) is 0 Å². The summed E-state index contributed by atoms with van der Waals surface area (Å²) in [6, 6.07) is 0. The second kappa shape index (κ2) is 25.0. The minimum absolute atomic E-state index is 0. The number of carbonyl (C=O) groups is 2. The zero-order valence-corrected chi connectivity index (χ0v) is 16.0. The van der Waals surface area contributed by atoms with Gasteiger partial charge in [0.1, 0.15) is 0 Å². The van der Waals surface area contributed by atoms with Crippen LogP contribution in [0.5, 0.6) is 0 Å². The first-order valence-corrected chi connectivity index (χ1v) is 6.36. The van der Waals surface area contributed by atoms with Gasteiger partial charge in [-0.2, -0.15) is 0 Å². The third-order valence-electron chi connectivity index (χ3n) is 0.813. The van der Waals surface area contributed by atoms with Crippen molar-refractivity contribution in [2.75, 3.05) is 6.61 Å². The Kier molecular flexibility index (Phi) is 37.4. The Balaban J connectivity index is -0.0000000607. The fraction of sp³-hybridized carbons (Fsp3) is 0.600. The molecule has 0 saturated carbocycles. The Morgan fingerprint density at radius 1 is 0.909 bits per heavy atom. The molecule has 0 rings (SSSR count). The van der Waals surface area contributed by atoms with E-state index >= 15 is 0 Å². The van der Waals surface area contributed by atoms with Gasteiger partial charge >= 0.3 is 21.7 Å². The second-order valence-corrected chi connectivity index (χ2v) is 4.07. The number of allylic oxidation sites excluding steroid dienone is 4. The molecule has 0 bridgehead atoms. The summed E-state index contributed by atoms with van der Waals surface area (Å²) < 4.78 is 0. The number of hydrogen-bond donors (Lipinski definition) is 0. The quantitative estimate of drug-likeness (QED) is 0.350. The summed E-state index contributed by atoms with van der Waals surface area (Å²) in [7, 11) is 0. The summed E-state index contributed by atoms with van der Waals surface area (Å²) in [4.78, 5) is 20.0. The summed E-state index contributed by atoms with van der Waals surface area (Å²) in [6.07, 6.45) is 1.69. The van der Waals surface area contributed by atoms with Crippen molar-refractivity contribution >= 4 is 11.6 Å². The molecule has 7 heteroatoms. The summed E-state index contributed by atoms with van der Waals surface area (Å²) in [5.41, 5.74) is 0. The molecule has 0 aromatic heterocycles. The van der Waals surface area contributed by atoms with Gasteiger partial charge in [0, 0.05) is 0 Å². The minimum atomic E-state index is -0.417. The monoisotopic (exact) mass is 350 g/mol. The number of rotatable bonds is 2. The average molecular weight is 350 g/mol. The maximum absolute atomic E-state index is 9.98. The maximum Gasteiger partial charge on any atom is 4.00 e. The molecular formula is C15H26O6Ti. The van der Waals surface area contributed by atoms with Crippen LogP contribution in [0.25, 0.3) is 0 Å². The van der Waals surface area contributed by atoms with Crippen molar-refractivity contribution in [1.82, 2.24) is 0 Å². The van der Waals surface area contributed by atoms with Gasteiger partial charge < -0.3 is 20.4 Å². The van der Waals surface area contributed by atoms with Gasteiger partial charge in [-0.05, 0) is 26.0 Å². The topological polar surface area (TPSA) is 126 Å². The predicted molar refractivity (Wildman–Crippen MR) is 74.6 cm³/mol. The van der Waals surface area contributed by atoms with Gasteiger partial charge in [0.05, 0.1) is 0 Å². The minimum Gasteiger partial charge on any atom is -0.876 e. The van der Waals surface area contributed by atoms with Crippen LogP contribution in [0.15, 0.2) is 23.7 Å². The Morgan fingerprint density at radius 3 is 1.05 bits per heavy atom. The van der Waals surface area contributed by atoms with E-state index < -0.39 is 6.10 Å². The van der Waals surface area contributed by atoms with Crippen molar-refractivity contribution in [1.29, 1.82) is 0 Å². The van der Waals surface area contributed by atoms with Gasteiger partial charge in [-0.1, -0.05) is 34.6 Å². The Hall–Kier alpha value is -0.946. The maximum atomic E-state index is 9.98. The van der Waals surface area contributed by atoms with E-state index in [1.54, 1.807) is 20.8 Å². The molecule has 0 fully saturated rings. The van der Waals surface area contributed by atoms with E-state index in [-0.39, 0.29) is 51.4 Å². The molecule has 0 aliphatic heterocycles. The van der Waals surface area contributed by atoms with Crippen molar-refractivity contribution < 1.29 is 51.7 Å². The number of carbonyl (C=O) groups excluding carboxylic acids is 2. The predicted octanol–water partition coefficient (Wildman–Crippen LogP) is -1.20. The van der Waals surface area contributed by atoms with Crippen LogP contribution in [-0.2, 0) is 31.3 Å². The normalized spacial score (nSPS) is 9.73. The van der Waals surface area contributed by atoms with Crippen molar-refractivity contribution in [3.8, 4) is 0 Å². The largest absolute Gasteiger partial charge is 4.00 e. The van der Waals surface area contributed by atoms with Gasteiger partial charge in [0.2, 0.25) is 0 Å². The third-order valence-corrected chi connectivity index (χ3v) is 0.813. The van der Waals surface area contributed by atoms with E-state index in [1.807, 2.05) is 0 Å². The molecule has 0 radical (unpaired) electrons. The smallest absolute Gasteiger partial charge is 0.876 e. The molecule has 126 valence electrons. The number of hydrogen-bond acceptors (Lipinski definition) is 6. The molecule has 0 atom stereocenters. The average Bonchev–Trinajstić information content (AvgIpc) is 2.12. The van der Waals surface area contributed by atoms with Crippen LogP contribution in [0, 0.1) is 0 Å². The molecule has 22 heavy (non-hydrogen) atoms. The van der Waals surface area contributed by atoms with Gasteiger partial charge in [0.15, 0.2) is 11.6 Å². The molecule has 0 aromatic rings. The van der Waals surface area contributed by atoms with Crippen molar-refractivity contribution in [3.05, 3.63) is 23.7 Å². The molecular weight excluding hydrogens is 324 g/mol. The summed E-state index contributed by atoms with van der Waals surface area (Å²) in [5, 5.41) is 38.4. The van der Waals surface area contributed by atoms with Crippen LogP contribution in [0.4, 0.5) is 0 Å². The van der Waals surface area contributed by atoms with Crippen LogP contribution in [0.2, 0.25) is 0 Å². The first-order valence-electron chi connectivity index (χ1n) is 6.36. The van der Waals surface area contributed by atoms with Gasteiger partial charge in [-0.3, -0.25) is 9.59 Å².